The third-order valence-corrected chi connectivity index (χ3v) is 6.27. The Bertz CT molecular complexity index is 871. The van der Waals surface area contributed by atoms with Crippen molar-refractivity contribution in [3.63, 3.8) is 0 Å². The largest absolute Gasteiger partial charge is 0.309 e. The standard InChI is InChI=1S/C18H17N3OS2/c1-11-15-16(13-8-9-23-10-13)24-12(2)18(22)19-17(15)21(20-11)14-6-4-3-5-7-14/h3-10,12,16H,1-2H3,(H,19,22)/t12-,16-/m0/s1. The minimum Gasteiger partial charge on any atom is -0.309 e. The molecular weight excluding hydrogens is 338 g/mol. The monoisotopic (exact) mass is 355 g/mol. The molecule has 6 heteroatoms. The molecule has 3 heterocycles. The van der Waals surface area contributed by atoms with Crippen molar-refractivity contribution < 1.29 is 4.79 Å². The van der Waals surface area contributed by atoms with Crippen molar-refractivity contribution in [2.75, 3.05) is 5.32 Å². The van der Waals surface area contributed by atoms with E-state index in [1.165, 1.54) is 5.56 Å². The van der Waals surface area contributed by atoms with Crippen LogP contribution in [0.1, 0.15) is 29.0 Å². The van der Waals surface area contributed by atoms with Gasteiger partial charge in [0.05, 0.1) is 21.9 Å². The van der Waals surface area contributed by atoms with Crippen molar-refractivity contribution >= 4 is 34.8 Å². The second kappa shape index (κ2) is 6.11. The molecule has 0 radical (unpaired) electrons. The van der Waals surface area contributed by atoms with E-state index in [4.69, 9.17) is 5.10 Å². The van der Waals surface area contributed by atoms with Gasteiger partial charge in [-0.3, -0.25) is 4.79 Å². The SMILES string of the molecule is Cc1nn(-c2ccccc2)c2c1[C@H](c1ccsc1)S[C@@H](C)C(=O)N2. The van der Waals surface area contributed by atoms with Gasteiger partial charge in [-0.25, -0.2) is 4.68 Å². The summed E-state index contributed by atoms with van der Waals surface area (Å²) in [5.41, 5.74) is 4.22. The molecule has 1 aliphatic rings. The number of aromatic nitrogens is 2. The van der Waals surface area contributed by atoms with Crippen molar-refractivity contribution in [3.05, 3.63) is 64.0 Å². The lowest BCUT2D eigenvalue weighted by Crippen LogP contribution is -2.22. The highest BCUT2D eigenvalue weighted by atomic mass is 32.2. The van der Waals surface area contributed by atoms with Gasteiger partial charge in [0, 0.05) is 5.56 Å². The fourth-order valence-electron chi connectivity index (χ4n) is 2.95. The fraction of sp³-hybridized carbons (Fsp3) is 0.222. The van der Waals surface area contributed by atoms with Crippen LogP contribution in [0, 0.1) is 6.92 Å². The lowest BCUT2D eigenvalue weighted by molar-refractivity contribution is -0.115. The summed E-state index contributed by atoms with van der Waals surface area (Å²) < 4.78 is 1.85. The summed E-state index contributed by atoms with van der Waals surface area (Å²) in [6.45, 7) is 3.97. The molecule has 0 spiro atoms. The van der Waals surface area contributed by atoms with Gasteiger partial charge in [-0.2, -0.15) is 16.4 Å². The van der Waals surface area contributed by atoms with Crippen LogP contribution in [0.4, 0.5) is 5.82 Å². The Kier molecular flexibility index (Phi) is 3.94. The molecule has 1 aliphatic heterocycles. The van der Waals surface area contributed by atoms with Crippen LogP contribution in [-0.2, 0) is 4.79 Å². The number of thioether (sulfide) groups is 1. The maximum absolute atomic E-state index is 12.5. The Labute approximate surface area is 148 Å². The Morgan fingerprint density at radius 1 is 1.21 bits per heavy atom. The van der Waals surface area contributed by atoms with Gasteiger partial charge in [-0.05, 0) is 48.4 Å². The zero-order valence-corrected chi connectivity index (χ0v) is 15.0. The molecule has 1 N–H and O–H groups in total. The number of hydrogen-bond donors (Lipinski definition) is 1. The maximum atomic E-state index is 12.5. The molecular formula is C18H17N3OS2. The quantitative estimate of drug-likeness (QED) is 0.741. The predicted octanol–water partition coefficient (Wildman–Crippen LogP) is 4.41. The summed E-state index contributed by atoms with van der Waals surface area (Å²) in [4.78, 5) is 12.5. The maximum Gasteiger partial charge on any atom is 0.238 e. The van der Waals surface area contributed by atoms with Gasteiger partial charge < -0.3 is 5.32 Å². The van der Waals surface area contributed by atoms with Gasteiger partial charge in [0.15, 0.2) is 0 Å². The Morgan fingerprint density at radius 3 is 2.71 bits per heavy atom. The molecule has 3 aromatic rings. The molecule has 24 heavy (non-hydrogen) atoms. The molecule has 0 unspecified atom stereocenters. The van der Waals surface area contributed by atoms with Crippen molar-refractivity contribution in [2.45, 2.75) is 24.3 Å². The molecule has 0 saturated heterocycles. The molecule has 2 aromatic heterocycles. The molecule has 0 fully saturated rings. The van der Waals surface area contributed by atoms with Gasteiger partial charge in [0.25, 0.3) is 0 Å². The highest BCUT2D eigenvalue weighted by Crippen LogP contribution is 2.46. The number of fused-ring (bicyclic) bond motifs is 1. The zero-order chi connectivity index (χ0) is 16.7. The highest BCUT2D eigenvalue weighted by Gasteiger charge is 2.34. The van der Waals surface area contributed by atoms with Crippen LogP contribution in [-0.4, -0.2) is 20.9 Å². The number of benzene rings is 1. The number of nitrogens with zero attached hydrogens (tertiary/aromatic N) is 2. The lowest BCUT2D eigenvalue weighted by atomic mass is 10.1. The summed E-state index contributed by atoms with van der Waals surface area (Å²) in [7, 11) is 0. The summed E-state index contributed by atoms with van der Waals surface area (Å²) in [5, 5.41) is 12.0. The summed E-state index contributed by atoms with van der Waals surface area (Å²) in [6, 6.07) is 12.1. The number of rotatable bonds is 2. The molecule has 4 nitrogen and oxygen atoms in total. The van der Waals surface area contributed by atoms with Crippen molar-refractivity contribution in [3.8, 4) is 5.69 Å². The van der Waals surface area contributed by atoms with E-state index in [2.05, 4.69) is 22.1 Å². The van der Waals surface area contributed by atoms with Gasteiger partial charge >= 0.3 is 0 Å². The van der Waals surface area contributed by atoms with Crippen LogP contribution >= 0.6 is 23.1 Å². The topological polar surface area (TPSA) is 46.9 Å². The zero-order valence-electron chi connectivity index (χ0n) is 13.4. The normalized spacial score (nSPS) is 20.3. The van der Waals surface area contributed by atoms with Gasteiger partial charge in [-0.15, -0.1) is 11.8 Å². The van der Waals surface area contributed by atoms with Gasteiger partial charge in [-0.1, -0.05) is 18.2 Å². The first-order chi connectivity index (χ1) is 11.6. The molecule has 1 amide bonds. The Balaban J connectivity index is 1.92. The number of amides is 1. The van der Waals surface area contributed by atoms with E-state index in [0.29, 0.717) is 0 Å². The molecule has 122 valence electrons. The summed E-state index contributed by atoms with van der Waals surface area (Å²) >= 11 is 3.36. The first-order valence-corrected chi connectivity index (χ1v) is 9.67. The predicted molar refractivity (Wildman–Crippen MR) is 100 cm³/mol. The second-order valence-corrected chi connectivity index (χ2v) is 8.03. The first-order valence-electron chi connectivity index (χ1n) is 7.78. The van der Waals surface area contributed by atoms with Crippen molar-refractivity contribution in [1.82, 2.24) is 9.78 Å². The Hall–Kier alpha value is -2.05. The van der Waals surface area contributed by atoms with E-state index >= 15 is 0 Å². The van der Waals surface area contributed by atoms with Gasteiger partial charge in [0.2, 0.25) is 5.91 Å². The third kappa shape index (κ3) is 2.56. The smallest absolute Gasteiger partial charge is 0.238 e. The van der Waals surface area contributed by atoms with Crippen LogP contribution in [0.3, 0.4) is 0 Å². The van der Waals surface area contributed by atoms with E-state index < -0.39 is 0 Å². The highest BCUT2D eigenvalue weighted by molar-refractivity contribution is 8.01. The minimum atomic E-state index is -0.120. The molecule has 0 saturated carbocycles. The average molecular weight is 355 g/mol. The van der Waals surface area contributed by atoms with Crippen LogP contribution < -0.4 is 5.32 Å². The number of hydrogen-bond acceptors (Lipinski definition) is 4. The summed E-state index contributed by atoms with van der Waals surface area (Å²) in [6.07, 6.45) is 0. The van der Waals surface area contributed by atoms with E-state index in [9.17, 15) is 4.79 Å². The lowest BCUT2D eigenvalue weighted by Gasteiger charge is -2.15. The molecule has 0 bridgehead atoms. The number of thiophene rings is 1. The number of carbonyl (C=O) groups excluding carboxylic acids is 1. The van der Waals surface area contributed by atoms with Crippen LogP contribution in [0.15, 0.2) is 47.2 Å². The number of carbonyl (C=O) groups is 1. The number of aryl methyl sites for hydroxylation is 1. The average Bonchev–Trinajstić information content (AvgIpc) is 3.19. The van der Waals surface area contributed by atoms with E-state index in [1.807, 2.05) is 48.9 Å². The van der Waals surface area contributed by atoms with Crippen LogP contribution in [0.5, 0.6) is 0 Å². The van der Waals surface area contributed by atoms with E-state index in [1.54, 1.807) is 23.1 Å². The molecule has 0 aliphatic carbocycles. The second-order valence-electron chi connectivity index (χ2n) is 5.80. The van der Waals surface area contributed by atoms with Crippen molar-refractivity contribution in [1.29, 1.82) is 0 Å². The minimum absolute atomic E-state index is 0.0241. The van der Waals surface area contributed by atoms with Crippen molar-refractivity contribution in [2.24, 2.45) is 0 Å². The molecule has 2 atom stereocenters. The fourth-order valence-corrected chi connectivity index (χ4v) is 5.04. The number of anilines is 1. The molecule has 4 rings (SSSR count). The Morgan fingerprint density at radius 2 is 2.00 bits per heavy atom. The number of para-hydroxylation sites is 1. The van der Waals surface area contributed by atoms with E-state index in [-0.39, 0.29) is 16.4 Å². The summed E-state index contributed by atoms with van der Waals surface area (Å²) in [5.74, 6) is 0.813. The molecule has 1 aromatic carbocycles. The first kappa shape index (κ1) is 15.5. The van der Waals surface area contributed by atoms with Gasteiger partial charge in [0.1, 0.15) is 5.82 Å². The third-order valence-electron chi connectivity index (χ3n) is 4.17. The van der Waals surface area contributed by atoms with E-state index in [0.717, 1.165) is 22.8 Å². The van der Waals surface area contributed by atoms with Crippen LogP contribution in [0.2, 0.25) is 0 Å². The van der Waals surface area contributed by atoms with Crippen LogP contribution in [0.25, 0.3) is 5.69 Å². The number of nitrogens with one attached hydrogen (secondary N) is 1.